The molecule has 1 N–H and O–H groups in total. The van der Waals surface area contributed by atoms with Crippen molar-refractivity contribution in [2.24, 2.45) is 11.3 Å². The fraction of sp³-hybridized carbons (Fsp3) is 0.867. The second-order valence-corrected chi connectivity index (χ2v) is 5.87. The largest absolute Gasteiger partial charge is 0.480 e. The summed E-state index contributed by atoms with van der Waals surface area (Å²) in [7, 11) is 0. The minimum absolute atomic E-state index is 0.186. The highest BCUT2D eigenvalue weighted by Crippen LogP contribution is 2.46. The van der Waals surface area contributed by atoms with Gasteiger partial charge in [0.25, 0.3) is 0 Å². The van der Waals surface area contributed by atoms with E-state index in [1.165, 1.54) is 0 Å². The molecule has 2 saturated heterocycles. The summed E-state index contributed by atoms with van der Waals surface area (Å²) in [5, 5.41) is 9.73. The van der Waals surface area contributed by atoms with E-state index in [0.717, 1.165) is 6.42 Å². The lowest BCUT2D eigenvalue weighted by atomic mass is 9.66. The lowest BCUT2D eigenvalue weighted by Crippen LogP contribution is -2.52. The molecule has 0 aliphatic carbocycles. The van der Waals surface area contributed by atoms with Crippen molar-refractivity contribution in [2.75, 3.05) is 26.4 Å². The minimum atomic E-state index is -1.48. The Morgan fingerprint density at radius 2 is 2.14 bits per heavy atom. The van der Waals surface area contributed by atoms with Gasteiger partial charge >= 0.3 is 11.9 Å². The molecule has 1 spiro atoms. The van der Waals surface area contributed by atoms with Crippen LogP contribution in [-0.4, -0.2) is 49.1 Å². The van der Waals surface area contributed by atoms with Crippen LogP contribution in [-0.2, 0) is 23.8 Å². The van der Waals surface area contributed by atoms with Crippen LogP contribution in [0.4, 0.5) is 0 Å². The van der Waals surface area contributed by atoms with E-state index in [-0.39, 0.29) is 18.9 Å². The molecule has 2 fully saturated rings. The highest BCUT2D eigenvalue weighted by molar-refractivity contribution is 5.99. The predicted octanol–water partition coefficient (Wildman–Crippen LogP) is 1.62. The molecule has 2 heterocycles. The van der Waals surface area contributed by atoms with Crippen molar-refractivity contribution in [1.29, 1.82) is 0 Å². The lowest BCUT2D eigenvalue weighted by molar-refractivity contribution is -0.183. The molecule has 0 bridgehead atoms. The van der Waals surface area contributed by atoms with Gasteiger partial charge in [0.1, 0.15) is 0 Å². The third-order valence-corrected chi connectivity index (χ3v) is 4.84. The second kappa shape index (κ2) is 6.32. The van der Waals surface area contributed by atoms with Crippen molar-refractivity contribution in [3.63, 3.8) is 0 Å². The number of rotatable bonds is 5. The molecular formula is C15H24O6. The van der Waals surface area contributed by atoms with Gasteiger partial charge in [0, 0.05) is 19.6 Å². The van der Waals surface area contributed by atoms with E-state index in [9.17, 15) is 14.7 Å². The molecule has 6 heteroatoms. The van der Waals surface area contributed by atoms with Crippen LogP contribution < -0.4 is 0 Å². The highest BCUT2D eigenvalue weighted by atomic mass is 16.6. The Morgan fingerprint density at radius 3 is 2.67 bits per heavy atom. The average Bonchev–Trinajstić information content (AvgIpc) is 2.88. The number of hydrogen-bond acceptors (Lipinski definition) is 5. The van der Waals surface area contributed by atoms with Crippen molar-refractivity contribution in [3.8, 4) is 0 Å². The van der Waals surface area contributed by atoms with Gasteiger partial charge in [-0.15, -0.1) is 0 Å². The van der Waals surface area contributed by atoms with Crippen LogP contribution in [0.15, 0.2) is 0 Å². The molecule has 0 aromatic rings. The molecule has 0 aromatic carbocycles. The van der Waals surface area contributed by atoms with Gasteiger partial charge in [-0.25, -0.2) is 0 Å². The molecular weight excluding hydrogens is 276 g/mol. The third kappa shape index (κ3) is 2.79. The molecule has 0 aromatic heterocycles. The predicted molar refractivity (Wildman–Crippen MR) is 73.8 cm³/mol. The first-order valence-corrected chi connectivity index (χ1v) is 7.63. The van der Waals surface area contributed by atoms with Gasteiger partial charge in [0.2, 0.25) is 0 Å². The van der Waals surface area contributed by atoms with Crippen LogP contribution in [0.5, 0.6) is 0 Å². The van der Waals surface area contributed by atoms with E-state index < -0.39 is 23.0 Å². The number of carbonyl (C=O) groups excluding carboxylic acids is 1. The van der Waals surface area contributed by atoms with Crippen LogP contribution in [0.1, 0.15) is 39.5 Å². The summed E-state index contributed by atoms with van der Waals surface area (Å²) in [4.78, 5) is 24.3. The Hall–Kier alpha value is -1.14. The number of esters is 1. The normalized spacial score (nSPS) is 31.8. The highest BCUT2D eigenvalue weighted by Gasteiger charge is 2.56. The second-order valence-electron chi connectivity index (χ2n) is 5.87. The van der Waals surface area contributed by atoms with E-state index in [1.807, 2.05) is 0 Å². The molecule has 0 amide bonds. The van der Waals surface area contributed by atoms with Crippen LogP contribution in [0.3, 0.4) is 0 Å². The number of carboxylic acids is 1. The zero-order chi connectivity index (χ0) is 15.5. The fourth-order valence-electron chi connectivity index (χ4n) is 3.58. The Labute approximate surface area is 124 Å². The third-order valence-electron chi connectivity index (χ3n) is 4.84. The van der Waals surface area contributed by atoms with Gasteiger partial charge in [-0.05, 0) is 32.1 Å². The monoisotopic (exact) mass is 300 g/mol. The fourth-order valence-corrected chi connectivity index (χ4v) is 3.58. The first-order valence-electron chi connectivity index (χ1n) is 7.63. The molecule has 3 atom stereocenters. The number of ether oxygens (including phenoxy) is 3. The Balaban J connectivity index is 2.27. The summed E-state index contributed by atoms with van der Waals surface area (Å²) >= 11 is 0. The Kier molecular flexibility index (Phi) is 4.88. The first-order chi connectivity index (χ1) is 10.0. The van der Waals surface area contributed by atoms with Gasteiger partial charge in [0.05, 0.1) is 18.8 Å². The van der Waals surface area contributed by atoms with Gasteiger partial charge in [-0.3, -0.25) is 9.59 Å². The lowest BCUT2D eigenvalue weighted by Gasteiger charge is -2.43. The summed E-state index contributed by atoms with van der Waals surface area (Å²) in [6, 6.07) is 0. The van der Waals surface area contributed by atoms with Gasteiger partial charge < -0.3 is 19.3 Å². The van der Waals surface area contributed by atoms with Crippen LogP contribution in [0, 0.1) is 11.3 Å². The maximum Gasteiger partial charge on any atom is 0.323 e. The summed E-state index contributed by atoms with van der Waals surface area (Å²) in [5.74, 6) is -2.00. The summed E-state index contributed by atoms with van der Waals surface area (Å²) in [6.07, 6.45) is 2.07. The SMILES string of the molecule is CCOC(=O)C(CC)(C(=O)O)C1CCOC2(CCOC2)C1. The molecule has 2 aliphatic heterocycles. The molecule has 120 valence electrons. The maximum atomic E-state index is 12.4. The maximum absolute atomic E-state index is 12.4. The van der Waals surface area contributed by atoms with Crippen LogP contribution in [0.2, 0.25) is 0 Å². The summed E-state index contributed by atoms with van der Waals surface area (Å²) in [6.45, 7) is 5.17. The zero-order valence-electron chi connectivity index (χ0n) is 12.7. The van der Waals surface area contributed by atoms with E-state index in [4.69, 9.17) is 14.2 Å². The average molecular weight is 300 g/mol. The summed E-state index contributed by atoms with van der Waals surface area (Å²) < 4.78 is 16.3. The van der Waals surface area contributed by atoms with E-state index in [0.29, 0.717) is 32.7 Å². The molecule has 2 rings (SSSR count). The quantitative estimate of drug-likeness (QED) is 0.613. The van der Waals surface area contributed by atoms with Crippen molar-refractivity contribution < 1.29 is 28.9 Å². The van der Waals surface area contributed by atoms with Crippen molar-refractivity contribution in [2.45, 2.75) is 45.1 Å². The van der Waals surface area contributed by atoms with E-state index in [1.54, 1.807) is 13.8 Å². The standard InChI is InChI=1S/C15H24O6/c1-3-15(12(16)17,13(18)20-4-2)11-5-7-21-14(9-11)6-8-19-10-14/h11H,3-10H2,1-2H3,(H,16,17). The van der Waals surface area contributed by atoms with E-state index in [2.05, 4.69) is 0 Å². The Bertz CT molecular complexity index is 401. The van der Waals surface area contributed by atoms with E-state index >= 15 is 0 Å². The van der Waals surface area contributed by atoms with Crippen molar-refractivity contribution in [1.82, 2.24) is 0 Å². The minimum Gasteiger partial charge on any atom is -0.480 e. The molecule has 2 aliphatic rings. The molecule has 0 saturated carbocycles. The molecule has 21 heavy (non-hydrogen) atoms. The van der Waals surface area contributed by atoms with Crippen molar-refractivity contribution in [3.05, 3.63) is 0 Å². The number of aliphatic carboxylic acids is 1. The van der Waals surface area contributed by atoms with Crippen molar-refractivity contribution >= 4 is 11.9 Å². The topological polar surface area (TPSA) is 82.1 Å². The zero-order valence-corrected chi connectivity index (χ0v) is 12.7. The Morgan fingerprint density at radius 1 is 1.38 bits per heavy atom. The van der Waals surface area contributed by atoms with Crippen LogP contribution >= 0.6 is 0 Å². The van der Waals surface area contributed by atoms with Gasteiger partial charge in [0.15, 0.2) is 5.41 Å². The molecule has 0 radical (unpaired) electrons. The number of carboxylic acid groups (broad SMARTS) is 1. The first kappa shape index (κ1) is 16.2. The summed E-state index contributed by atoms with van der Waals surface area (Å²) in [5.41, 5.74) is -1.90. The van der Waals surface area contributed by atoms with Gasteiger partial charge in [-0.1, -0.05) is 6.92 Å². The molecule has 3 unspecified atom stereocenters. The van der Waals surface area contributed by atoms with Crippen LogP contribution in [0.25, 0.3) is 0 Å². The smallest absolute Gasteiger partial charge is 0.323 e. The van der Waals surface area contributed by atoms with Gasteiger partial charge in [-0.2, -0.15) is 0 Å². The number of carbonyl (C=O) groups is 2. The number of hydrogen-bond donors (Lipinski definition) is 1. The molecule has 6 nitrogen and oxygen atoms in total.